The van der Waals surface area contributed by atoms with E-state index >= 15 is 0 Å². The van der Waals surface area contributed by atoms with Crippen molar-refractivity contribution in [2.24, 2.45) is 11.8 Å². The summed E-state index contributed by atoms with van der Waals surface area (Å²) in [6.07, 6.45) is 3.92. The second-order valence-corrected chi connectivity index (χ2v) is 2.76. The van der Waals surface area contributed by atoms with Gasteiger partial charge in [0.2, 0.25) is 0 Å². The Bertz CT molecular complexity index is 101. The van der Waals surface area contributed by atoms with E-state index in [0.29, 0.717) is 5.92 Å². The molecule has 0 unspecified atom stereocenters. The van der Waals surface area contributed by atoms with E-state index in [9.17, 15) is 4.79 Å². The molecule has 2 nitrogen and oxygen atoms in total. The van der Waals surface area contributed by atoms with Crippen LogP contribution in [0.5, 0.6) is 0 Å². The van der Waals surface area contributed by atoms with Crippen LogP contribution in [0.4, 0.5) is 0 Å². The van der Waals surface area contributed by atoms with Gasteiger partial charge in [0.25, 0.3) is 0 Å². The van der Waals surface area contributed by atoms with E-state index in [-0.39, 0.29) is 12.5 Å². The molecule has 1 fully saturated rings. The van der Waals surface area contributed by atoms with Crippen molar-refractivity contribution < 1.29 is 9.90 Å². The maximum Gasteiger partial charge on any atom is 0.123 e. The van der Waals surface area contributed by atoms with Gasteiger partial charge in [0.15, 0.2) is 0 Å². The Morgan fingerprint density at radius 1 is 1.56 bits per heavy atom. The van der Waals surface area contributed by atoms with Crippen LogP contribution in [-0.2, 0) is 4.79 Å². The molecule has 0 radical (unpaired) electrons. The Hall–Kier alpha value is -0.370. The topological polar surface area (TPSA) is 37.3 Å². The van der Waals surface area contributed by atoms with Crippen molar-refractivity contribution in [1.82, 2.24) is 0 Å². The molecule has 0 aromatic carbocycles. The molecule has 2 atom stereocenters. The molecule has 0 aliphatic heterocycles. The Morgan fingerprint density at radius 2 is 2.33 bits per heavy atom. The number of aldehydes is 1. The molecule has 0 aromatic heterocycles. The number of hydrogen-bond donors (Lipinski definition) is 1. The van der Waals surface area contributed by atoms with E-state index in [1.165, 1.54) is 0 Å². The van der Waals surface area contributed by atoms with Crippen molar-refractivity contribution in [3.63, 3.8) is 0 Å². The highest BCUT2D eigenvalue weighted by Crippen LogP contribution is 2.28. The first-order valence-corrected chi connectivity index (χ1v) is 3.43. The van der Waals surface area contributed by atoms with Gasteiger partial charge < -0.3 is 9.90 Å². The summed E-state index contributed by atoms with van der Waals surface area (Å²) in [5.41, 5.74) is 0. The lowest BCUT2D eigenvalue weighted by Crippen LogP contribution is -2.01. The van der Waals surface area contributed by atoms with E-state index in [0.717, 1.165) is 25.5 Å². The number of aliphatic hydroxyl groups is 1. The molecule has 0 amide bonds. The van der Waals surface area contributed by atoms with Crippen molar-refractivity contribution in [2.45, 2.75) is 19.3 Å². The van der Waals surface area contributed by atoms with Crippen LogP contribution in [0.25, 0.3) is 0 Å². The second kappa shape index (κ2) is 2.97. The van der Waals surface area contributed by atoms with Gasteiger partial charge in [-0.3, -0.25) is 0 Å². The molecule has 1 saturated carbocycles. The summed E-state index contributed by atoms with van der Waals surface area (Å²) in [6, 6.07) is 0. The summed E-state index contributed by atoms with van der Waals surface area (Å²) in [6.45, 7) is 0.254. The first-order chi connectivity index (χ1) is 4.36. The zero-order valence-corrected chi connectivity index (χ0v) is 5.42. The summed E-state index contributed by atoms with van der Waals surface area (Å²) in [5, 5.41) is 8.66. The minimum absolute atomic E-state index is 0.238. The minimum atomic E-state index is 0.238. The van der Waals surface area contributed by atoms with E-state index in [2.05, 4.69) is 0 Å². The average Bonchev–Trinajstić information content (AvgIpc) is 2.34. The largest absolute Gasteiger partial charge is 0.396 e. The standard InChI is InChI=1S/C7H12O2/c8-4-6-1-2-7(3-6)5-9/h4,6-7,9H,1-3,5H2/t6-,7+/m1/s1. The van der Waals surface area contributed by atoms with Crippen LogP contribution in [0.15, 0.2) is 0 Å². The fourth-order valence-corrected chi connectivity index (χ4v) is 1.40. The van der Waals surface area contributed by atoms with E-state index < -0.39 is 0 Å². The zero-order chi connectivity index (χ0) is 6.69. The highest BCUT2D eigenvalue weighted by Gasteiger charge is 2.22. The first kappa shape index (κ1) is 6.75. The van der Waals surface area contributed by atoms with Gasteiger partial charge in [0.05, 0.1) is 0 Å². The van der Waals surface area contributed by atoms with Crippen LogP contribution in [0, 0.1) is 11.8 Å². The monoisotopic (exact) mass is 128 g/mol. The molecular weight excluding hydrogens is 116 g/mol. The predicted molar refractivity (Wildman–Crippen MR) is 34.0 cm³/mol. The molecule has 1 rings (SSSR count). The highest BCUT2D eigenvalue weighted by molar-refractivity contribution is 5.53. The summed E-state index contributed by atoms with van der Waals surface area (Å²) in [5.74, 6) is 0.641. The smallest absolute Gasteiger partial charge is 0.123 e. The molecular formula is C7H12O2. The van der Waals surface area contributed by atoms with Crippen molar-refractivity contribution in [3.8, 4) is 0 Å². The average molecular weight is 128 g/mol. The first-order valence-electron chi connectivity index (χ1n) is 3.43. The quantitative estimate of drug-likeness (QED) is 0.553. The third-order valence-electron chi connectivity index (χ3n) is 2.03. The van der Waals surface area contributed by atoms with Crippen molar-refractivity contribution in [3.05, 3.63) is 0 Å². The van der Waals surface area contributed by atoms with E-state index in [1.807, 2.05) is 0 Å². The maximum absolute atomic E-state index is 10.2. The number of rotatable bonds is 2. The van der Waals surface area contributed by atoms with Crippen LogP contribution >= 0.6 is 0 Å². The third-order valence-corrected chi connectivity index (χ3v) is 2.03. The SMILES string of the molecule is O=C[C@@H]1CC[C@H](CO)C1. The lowest BCUT2D eigenvalue weighted by molar-refractivity contribution is -0.111. The third kappa shape index (κ3) is 1.52. The summed E-state index contributed by atoms with van der Waals surface area (Å²) >= 11 is 0. The molecule has 0 saturated heterocycles. The lowest BCUT2D eigenvalue weighted by atomic mass is 10.1. The molecule has 1 N–H and O–H groups in total. The van der Waals surface area contributed by atoms with Gasteiger partial charge in [-0.25, -0.2) is 0 Å². The van der Waals surface area contributed by atoms with E-state index in [1.54, 1.807) is 0 Å². The molecule has 1 aliphatic carbocycles. The molecule has 0 spiro atoms. The van der Waals surface area contributed by atoms with E-state index in [4.69, 9.17) is 5.11 Å². The number of carbonyl (C=O) groups is 1. The van der Waals surface area contributed by atoms with Crippen molar-refractivity contribution in [2.75, 3.05) is 6.61 Å². The molecule has 0 bridgehead atoms. The predicted octanol–water partition coefficient (Wildman–Crippen LogP) is 0.594. The van der Waals surface area contributed by atoms with Crippen LogP contribution < -0.4 is 0 Å². The summed E-state index contributed by atoms with van der Waals surface area (Å²) in [7, 11) is 0. The Kier molecular flexibility index (Phi) is 2.22. The van der Waals surface area contributed by atoms with Gasteiger partial charge in [-0.15, -0.1) is 0 Å². The van der Waals surface area contributed by atoms with Gasteiger partial charge in [0.1, 0.15) is 6.29 Å². The highest BCUT2D eigenvalue weighted by atomic mass is 16.3. The van der Waals surface area contributed by atoms with Crippen LogP contribution in [0.2, 0.25) is 0 Å². The van der Waals surface area contributed by atoms with Crippen LogP contribution in [0.1, 0.15) is 19.3 Å². The maximum atomic E-state index is 10.2. The number of hydrogen-bond acceptors (Lipinski definition) is 2. The number of carbonyl (C=O) groups excluding carboxylic acids is 1. The molecule has 52 valence electrons. The normalized spacial score (nSPS) is 34.8. The second-order valence-electron chi connectivity index (χ2n) is 2.76. The number of aliphatic hydroxyl groups excluding tert-OH is 1. The van der Waals surface area contributed by atoms with Gasteiger partial charge in [-0.2, -0.15) is 0 Å². The van der Waals surface area contributed by atoms with Crippen LogP contribution in [-0.4, -0.2) is 18.0 Å². The fraction of sp³-hybridized carbons (Fsp3) is 0.857. The summed E-state index contributed by atoms with van der Waals surface area (Å²) < 4.78 is 0. The Labute approximate surface area is 54.9 Å². The lowest BCUT2D eigenvalue weighted by Gasteiger charge is -2.00. The minimum Gasteiger partial charge on any atom is -0.396 e. The molecule has 1 aliphatic rings. The van der Waals surface area contributed by atoms with Crippen LogP contribution in [0.3, 0.4) is 0 Å². The van der Waals surface area contributed by atoms with Gasteiger partial charge in [0, 0.05) is 12.5 Å². The molecule has 2 heteroatoms. The molecule has 0 aromatic rings. The summed E-state index contributed by atoms with van der Waals surface area (Å²) in [4.78, 5) is 10.2. The van der Waals surface area contributed by atoms with Gasteiger partial charge in [-0.1, -0.05) is 0 Å². The zero-order valence-electron chi connectivity index (χ0n) is 5.42. The van der Waals surface area contributed by atoms with Gasteiger partial charge in [-0.05, 0) is 25.2 Å². The Morgan fingerprint density at radius 3 is 2.67 bits per heavy atom. The molecule has 9 heavy (non-hydrogen) atoms. The molecule has 0 heterocycles. The fourth-order valence-electron chi connectivity index (χ4n) is 1.40. The van der Waals surface area contributed by atoms with Crippen molar-refractivity contribution in [1.29, 1.82) is 0 Å². The Balaban J connectivity index is 2.28. The van der Waals surface area contributed by atoms with Crippen molar-refractivity contribution >= 4 is 6.29 Å². The van der Waals surface area contributed by atoms with Gasteiger partial charge >= 0.3 is 0 Å².